The summed E-state index contributed by atoms with van der Waals surface area (Å²) in [6.07, 6.45) is 24.4. The topological polar surface area (TPSA) is 6.48 Å². The van der Waals surface area contributed by atoms with Gasteiger partial charge in [-0.15, -0.1) is 39.2 Å². The maximum atomic E-state index is 3.76. The fraction of sp³-hybridized carbons (Fsp3) is 0.333. The summed E-state index contributed by atoms with van der Waals surface area (Å²) in [6.45, 7) is 22.8. The van der Waals surface area contributed by atoms with E-state index in [1.54, 1.807) is 0 Å². The summed E-state index contributed by atoms with van der Waals surface area (Å²) in [5.74, 6) is 0. The summed E-state index contributed by atoms with van der Waals surface area (Å²) in [5.41, 5.74) is 2.55. The van der Waals surface area contributed by atoms with Crippen LogP contribution in [0.5, 0.6) is 0 Å². The van der Waals surface area contributed by atoms with Gasteiger partial charge in [-0.3, -0.25) is 12.2 Å². The van der Waals surface area contributed by atoms with E-state index in [2.05, 4.69) is 85.8 Å². The molecule has 163 valence electrons. The van der Waals surface area contributed by atoms with E-state index in [1.807, 2.05) is 24.3 Å². The van der Waals surface area contributed by atoms with Crippen molar-refractivity contribution in [1.29, 1.82) is 0 Å². The van der Waals surface area contributed by atoms with Crippen molar-refractivity contribution in [2.75, 3.05) is 26.2 Å². The average molecular weight is 542 g/mol. The van der Waals surface area contributed by atoms with E-state index in [1.165, 1.54) is 11.1 Å². The number of hydrogen-bond acceptors (Lipinski definition) is 2. The number of hydrogen-bond donors (Lipinski definition) is 0. The molecule has 0 aliphatic heterocycles. The Bertz CT molecular complexity index is 508. The molecule has 0 fully saturated rings. The Hall–Kier alpha value is -0.480. The van der Waals surface area contributed by atoms with Crippen LogP contribution in [0.3, 0.4) is 0 Å². The molecule has 0 aromatic carbocycles. The van der Waals surface area contributed by atoms with Crippen LogP contribution in [0.1, 0.15) is 26.7 Å². The SMILES string of the molecule is C=CCN(CC=C)[SiH]N(CC=C)CC=C.CC1=[C-]CC=C1.CC1=[C-]CC=C1.[Cl-].[Cl-].[Zr+4]. The molecule has 0 unspecified atom stereocenters. The van der Waals surface area contributed by atoms with E-state index in [4.69, 9.17) is 0 Å². The van der Waals surface area contributed by atoms with Crippen LogP contribution in [0.25, 0.3) is 0 Å². The molecule has 0 N–H and O–H groups in total. The fourth-order valence-corrected chi connectivity index (χ4v) is 3.70. The molecule has 0 spiro atoms. The number of rotatable bonds is 10. The largest absolute Gasteiger partial charge is 4.00 e. The number of halogens is 2. The zero-order chi connectivity index (χ0) is 20.3. The van der Waals surface area contributed by atoms with Gasteiger partial charge in [0.05, 0.1) is 0 Å². The first kappa shape index (κ1) is 36.9. The summed E-state index contributed by atoms with van der Waals surface area (Å²) in [6, 6.07) is 0. The molecule has 2 aliphatic rings. The van der Waals surface area contributed by atoms with Gasteiger partial charge in [0.15, 0.2) is 0 Å². The monoisotopic (exact) mass is 539 g/mol. The van der Waals surface area contributed by atoms with E-state index in [0.717, 1.165) is 39.0 Å². The standard InChI is InChI=1S/C12H21N2Si.2C6H7.2ClH.Zr/c1-5-9-13(10-6-2)15-14(11-7-3)12-8-4;2*1-6-4-2-3-5-6;;;/h5-8,15H,1-4,9-12H2;2*2,4H,3H2,1H3;2*1H;/q;2*-1;;;+4/p-2. The van der Waals surface area contributed by atoms with E-state index in [9.17, 15) is 0 Å². The molecular weight excluding hydrogens is 506 g/mol. The van der Waals surface area contributed by atoms with Gasteiger partial charge in [-0.25, -0.2) is 23.3 Å². The molecule has 0 bridgehead atoms. The van der Waals surface area contributed by atoms with Gasteiger partial charge in [-0.1, -0.05) is 38.2 Å². The first-order valence-corrected chi connectivity index (χ1v) is 10.3. The third-order valence-corrected chi connectivity index (χ3v) is 5.01. The predicted octanol–water partition coefficient (Wildman–Crippen LogP) is -1.00. The Balaban J connectivity index is -0.000000186. The Morgan fingerprint density at radius 1 is 0.767 bits per heavy atom. The second kappa shape index (κ2) is 26.6. The van der Waals surface area contributed by atoms with Crippen molar-refractivity contribution in [1.82, 2.24) is 9.13 Å². The number of allylic oxidation sites excluding steroid dienone is 8. The third-order valence-electron chi connectivity index (χ3n) is 3.51. The van der Waals surface area contributed by atoms with Gasteiger partial charge >= 0.3 is 26.2 Å². The zero-order valence-corrected chi connectivity index (χ0v) is 23.5. The first-order chi connectivity index (χ1) is 13.1. The second-order valence-corrected chi connectivity index (χ2v) is 7.80. The van der Waals surface area contributed by atoms with Crippen molar-refractivity contribution in [2.45, 2.75) is 26.7 Å². The Labute approximate surface area is 219 Å². The minimum Gasteiger partial charge on any atom is -1.00 e. The van der Waals surface area contributed by atoms with E-state index < -0.39 is 0 Å². The molecule has 2 rings (SSSR count). The predicted molar refractivity (Wildman–Crippen MR) is 123 cm³/mol. The van der Waals surface area contributed by atoms with Crippen LogP contribution < -0.4 is 24.8 Å². The van der Waals surface area contributed by atoms with Crippen molar-refractivity contribution < 1.29 is 51.0 Å². The van der Waals surface area contributed by atoms with Crippen LogP contribution in [0.2, 0.25) is 0 Å². The van der Waals surface area contributed by atoms with Gasteiger partial charge in [0.2, 0.25) is 9.84 Å². The molecule has 0 heterocycles. The van der Waals surface area contributed by atoms with Crippen LogP contribution in [0.4, 0.5) is 0 Å². The van der Waals surface area contributed by atoms with Gasteiger partial charge in [0, 0.05) is 26.2 Å². The first-order valence-electron chi connectivity index (χ1n) is 9.31. The summed E-state index contributed by atoms with van der Waals surface area (Å²) in [7, 11) is 0.100. The van der Waals surface area contributed by atoms with Crippen molar-refractivity contribution in [2.24, 2.45) is 0 Å². The Kier molecular flexibility index (Phi) is 32.6. The van der Waals surface area contributed by atoms with Crippen LogP contribution in [0, 0.1) is 12.2 Å². The average Bonchev–Trinajstić information content (AvgIpc) is 3.30. The molecule has 0 atom stereocenters. The van der Waals surface area contributed by atoms with Crippen molar-refractivity contribution >= 4 is 9.84 Å². The van der Waals surface area contributed by atoms with Gasteiger partial charge in [0.25, 0.3) is 0 Å². The summed E-state index contributed by atoms with van der Waals surface area (Å²) in [4.78, 5) is 0. The maximum absolute atomic E-state index is 3.76. The van der Waals surface area contributed by atoms with E-state index in [-0.39, 0.29) is 60.9 Å². The minimum absolute atomic E-state index is 0. The van der Waals surface area contributed by atoms with Crippen molar-refractivity contribution in [3.8, 4) is 0 Å². The molecule has 1 radical (unpaired) electrons. The van der Waals surface area contributed by atoms with Crippen molar-refractivity contribution in [3.63, 3.8) is 0 Å². The second-order valence-electron chi connectivity index (χ2n) is 6.11. The molecule has 0 saturated carbocycles. The molecule has 0 amide bonds. The fourth-order valence-electron chi connectivity index (χ4n) is 2.26. The van der Waals surface area contributed by atoms with Gasteiger partial charge in [-0.05, 0) is 0 Å². The molecule has 6 heteroatoms. The Morgan fingerprint density at radius 3 is 1.20 bits per heavy atom. The van der Waals surface area contributed by atoms with Crippen LogP contribution in [0.15, 0.2) is 86.1 Å². The Morgan fingerprint density at radius 2 is 1.07 bits per heavy atom. The van der Waals surface area contributed by atoms with E-state index >= 15 is 0 Å². The van der Waals surface area contributed by atoms with E-state index in [0.29, 0.717) is 0 Å². The third kappa shape index (κ3) is 22.2. The number of nitrogens with zero attached hydrogens (tertiary/aromatic N) is 2. The molecule has 30 heavy (non-hydrogen) atoms. The van der Waals surface area contributed by atoms with Gasteiger partial charge in [0.1, 0.15) is 0 Å². The summed E-state index contributed by atoms with van der Waals surface area (Å²) < 4.78 is 4.68. The van der Waals surface area contributed by atoms with Crippen LogP contribution in [-0.2, 0) is 26.2 Å². The molecular formula is C24H35Cl2N2SiZr. The summed E-state index contributed by atoms with van der Waals surface area (Å²) in [5, 5.41) is 0. The normalized spacial score (nSPS) is 12.5. The van der Waals surface area contributed by atoms with Crippen LogP contribution >= 0.6 is 0 Å². The quantitative estimate of drug-likeness (QED) is 0.199. The van der Waals surface area contributed by atoms with Crippen molar-refractivity contribution in [3.05, 3.63) is 98.2 Å². The molecule has 0 aromatic heterocycles. The maximum Gasteiger partial charge on any atom is 4.00 e. The minimum atomic E-state index is 0. The zero-order valence-electron chi connectivity index (χ0n) is 18.4. The molecule has 0 saturated heterocycles. The molecule has 0 aromatic rings. The smallest absolute Gasteiger partial charge is 1.00 e. The molecule has 2 aliphatic carbocycles. The summed E-state index contributed by atoms with van der Waals surface area (Å²) >= 11 is 0. The molecule has 2 nitrogen and oxygen atoms in total. The van der Waals surface area contributed by atoms with Gasteiger partial charge in [-0.2, -0.15) is 12.2 Å². The van der Waals surface area contributed by atoms with Crippen LogP contribution in [-0.4, -0.2) is 45.2 Å². The van der Waals surface area contributed by atoms with Gasteiger partial charge < -0.3 is 33.9 Å².